The molecule has 17 heavy (non-hydrogen) atoms. The van der Waals surface area contributed by atoms with Crippen LogP contribution in [0.1, 0.15) is 23.0 Å². The van der Waals surface area contributed by atoms with Crippen molar-refractivity contribution in [2.45, 2.75) is 13.3 Å². The van der Waals surface area contributed by atoms with Crippen molar-refractivity contribution >= 4 is 27.5 Å². The van der Waals surface area contributed by atoms with E-state index < -0.39 is 0 Å². The van der Waals surface area contributed by atoms with Crippen LogP contribution in [0.4, 0.5) is 0 Å². The molecule has 0 bridgehead atoms. The van der Waals surface area contributed by atoms with Crippen molar-refractivity contribution in [2.75, 3.05) is 19.8 Å². The normalized spacial score (nSPS) is 10.9. The largest absolute Gasteiger partial charge is 0.382 e. The molecule has 0 aliphatic rings. The minimum Gasteiger partial charge on any atom is -0.382 e. The Hall–Kier alpha value is -1.40. The van der Waals surface area contributed by atoms with E-state index in [2.05, 4.69) is 15.5 Å². The first-order valence-electron chi connectivity index (χ1n) is 5.60. The number of H-pyrrole nitrogens is 1. The molecule has 2 rings (SSSR count). The third-order valence-corrected chi connectivity index (χ3v) is 3.37. The second kappa shape index (κ2) is 5.79. The molecule has 2 N–H and O–H groups in total. The smallest absolute Gasteiger partial charge is 0.261 e. The van der Waals surface area contributed by atoms with Crippen LogP contribution in [0.5, 0.6) is 0 Å². The molecule has 1 amide bonds. The Morgan fingerprint density at radius 2 is 2.53 bits per heavy atom. The molecular formula is C11H15N3O2S. The van der Waals surface area contributed by atoms with Crippen LogP contribution in [0.2, 0.25) is 0 Å². The molecule has 2 aromatic heterocycles. The summed E-state index contributed by atoms with van der Waals surface area (Å²) in [5.74, 6) is -0.0314. The van der Waals surface area contributed by atoms with E-state index in [0.717, 1.165) is 23.2 Å². The first kappa shape index (κ1) is 12.1. The highest BCUT2D eigenvalue weighted by atomic mass is 32.1. The summed E-state index contributed by atoms with van der Waals surface area (Å²) in [4.78, 5) is 12.5. The van der Waals surface area contributed by atoms with Gasteiger partial charge >= 0.3 is 0 Å². The number of nitrogens with zero attached hydrogens (tertiary/aromatic N) is 1. The number of hydrogen-bond acceptors (Lipinski definition) is 4. The second-order valence-electron chi connectivity index (χ2n) is 3.56. The summed E-state index contributed by atoms with van der Waals surface area (Å²) in [6.07, 6.45) is 2.57. The van der Waals surface area contributed by atoms with Crippen LogP contribution in [0, 0.1) is 0 Å². The highest BCUT2D eigenvalue weighted by molar-refractivity contribution is 7.20. The number of rotatable bonds is 6. The van der Waals surface area contributed by atoms with Crippen molar-refractivity contribution in [3.05, 3.63) is 17.1 Å². The van der Waals surface area contributed by atoms with Gasteiger partial charge in [0.2, 0.25) is 0 Å². The lowest BCUT2D eigenvalue weighted by Crippen LogP contribution is -2.24. The van der Waals surface area contributed by atoms with E-state index in [9.17, 15) is 4.79 Å². The third-order valence-electron chi connectivity index (χ3n) is 2.31. The van der Waals surface area contributed by atoms with Gasteiger partial charge in [0.25, 0.3) is 5.91 Å². The molecule has 2 heterocycles. The first-order valence-corrected chi connectivity index (χ1v) is 6.41. The summed E-state index contributed by atoms with van der Waals surface area (Å²) >= 11 is 1.44. The summed E-state index contributed by atoms with van der Waals surface area (Å²) in [6, 6.07) is 1.82. The molecule has 0 radical (unpaired) electrons. The molecule has 0 saturated carbocycles. The topological polar surface area (TPSA) is 67.0 Å². The number of amides is 1. The van der Waals surface area contributed by atoms with Crippen LogP contribution in [0.3, 0.4) is 0 Å². The fourth-order valence-electron chi connectivity index (χ4n) is 1.47. The number of nitrogens with one attached hydrogen (secondary N) is 2. The zero-order chi connectivity index (χ0) is 12.1. The lowest BCUT2D eigenvalue weighted by molar-refractivity contribution is 0.0948. The van der Waals surface area contributed by atoms with Crippen molar-refractivity contribution in [3.63, 3.8) is 0 Å². The number of fused-ring (bicyclic) bond motifs is 1. The van der Waals surface area contributed by atoms with Crippen LogP contribution in [-0.2, 0) is 4.74 Å². The molecule has 0 saturated heterocycles. The highest BCUT2D eigenvalue weighted by Gasteiger charge is 2.10. The highest BCUT2D eigenvalue weighted by Crippen LogP contribution is 2.22. The number of ether oxygens (including phenoxy) is 1. The van der Waals surface area contributed by atoms with Gasteiger partial charge in [0.1, 0.15) is 0 Å². The average molecular weight is 253 g/mol. The van der Waals surface area contributed by atoms with Gasteiger partial charge in [0.15, 0.2) is 0 Å². The van der Waals surface area contributed by atoms with Gasteiger partial charge in [-0.1, -0.05) is 0 Å². The Bertz CT molecular complexity index is 463. The Morgan fingerprint density at radius 1 is 1.65 bits per heavy atom. The predicted molar refractivity (Wildman–Crippen MR) is 67.4 cm³/mol. The van der Waals surface area contributed by atoms with Crippen molar-refractivity contribution in [3.8, 4) is 0 Å². The van der Waals surface area contributed by atoms with Gasteiger partial charge in [-0.2, -0.15) is 5.10 Å². The predicted octanol–water partition coefficient (Wildman–Crippen LogP) is 1.78. The maximum Gasteiger partial charge on any atom is 0.261 e. The first-order chi connectivity index (χ1) is 8.31. The number of thiophene rings is 1. The molecule has 0 aliphatic carbocycles. The van der Waals surface area contributed by atoms with Crippen molar-refractivity contribution in [1.82, 2.24) is 15.5 Å². The van der Waals surface area contributed by atoms with Gasteiger partial charge in [-0.3, -0.25) is 9.89 Å². The lowest BCUT2D eigenvalue weighted by Gasteiger charge is -2.03. The van der Waals surface area contributed by atoms with Crippen molar-refractivity contribution in [1.29, 1.82) is 0 Å². The van der Waals surface area contributed by atoms with Gasteiger partial charge in [0.05, 0.1) is 21.3 Å². The van der Waals surface area contributed by atoms with E-state index in [0.29, 0.717) is 18.0 Å². The SMILES string of the molecule is CCOCCCNC(=O)c1cc2[nH]ncc2s1. The van der Waals surface area contributed by atoms with Gasteiger partial charge in [0, 0.05) is 19.8 Å². The van der Waals surface area contributed by atoms with E-state index >= 15 is 0 Å². The minimum absolute atomic E-state index is 0.0314. The molecule has 6 heteroatoms. The third kappa shape index (κ3) is 3.04. The minimum atomic E-state index is -0.0314. The molecule has 0 spiro atoms. The summed E-state index contributed by atoms with van der Waals surface area (Å²) in [6.45, 7) is 4.01. The Labute approximate surface area is 103 Å². The maximum absolute atomic E-state index is 11.8. The number of carbonyl (C=O) groups is 1. The monoisotopic (exact) mass is 253 g/mol. The van der Waals surface area contributed by atoms with Crippen LogP contribution in [0.25, 0.3) is 10.2 Å². The van der Waals surface area contributed by atoms with Crippen LogP contribution in [0.15, 0.2) is 12.3 Å². The van der Waals surface area contributed by atoms with Gasteiger partial charge in [-0.25, -0.2) is 0 Å². The molecular weight excluding hydrogens is 238 g/mol. The molecule has 92 valence electrons. The van der Waals surface area contributed by atoms with E-state index in [-0.39, 0.29) is 5.91 Å². The van der Waals surface area contributed by atoms with Gasteiger partial charge in [-0.05, 0) is 19.4 Å². The molecule has 0 aromatic carbocycles. The Kier molecular flexibility index (Phi) is 4.11. The zero-order valence-electron chi connectivity index (χ0n) is 9.66. The fourth-order valence-corrected chi connectivity index (χ4v) is 2.37. The van der Waals surface area contributed by atoms with E-state index in [4.69, 9.17) is 4.74 Å². The van der Waals surface area contributed by atoms with Crippen LogP contribution in [-0.4, -0.2) is 35.9 Å². The molecule has 0 aliphatic heterocycles. The summed E-state index contributed by atoms with van der Waals surface area (Å²) in [5, 5.41) is 9.60. The van der Waals surface area contributed by atoms with E-state index in [1.165, 1.54) is 11.3 Å². The van der Waals surface area contributed by atoms with Crippen molar-refractivity contribution in [2.24, 2.45) is 0 Å². The van der Waals surface area contributed by atoms with E-state index in [1.54, 1.807) is 6.20 Å². The second-order valence-corrected chi connectivity index (χ2v) is 4.65. The number of hydrogen-bond donors (Lipinski definition) is 2. The summed E-state index contributed by atoms with van der Waals surface area (Å²) in [5.41, 5.74) is 0.912. The summed E-state index contributed by atoms with van der Waals surface area (Å²) < 4.78 is 6.20. The number of aromatic amines is 1. The molecule has 0 fully saturated rings. The number of carbonyl (C=O) groups excluding carboxylic acids is 1. The Balaban J connectivity index is 1.81. The standard InChI is InChI=1S/C11H15N3O2S/c1-2-16-5-3-4-12-11(15)9-6-8-10(17-9)7-13-14-8/h6-7H,2-5H2,1H3,(H,12,15)(H,13,14). The molecule has 2 aromatic rings. The van der Waals surface area contributed by atoms with E-state index in [1.807, 2.05) is 13.0 Å². The molecule has 0 unspecified atom stereocenters. The summed E-state index contributed by atoms with van der Waals surface area (Å²) in [7, 11) is 0. The fraction of sp³-hybridized carbons (Fsp3) is 0.455. The molecule has 0 atom stereocenters. The van der Waals surface area contributed by atoms with Crippen LogP contribution < -0.4 is 5.32 Å². The maximum atomic E-state index is 11.8. The lowest BCUT2D eigenvalue weighted by atomic mass is 10.4. The number of aromatic nitrogens is 2. The zero-order valence-corrected chi connectivity index (χ0v) is 10.5. The Morgan fingerprint density at radius 3 is 3.29 bits per heavy atom. The average Bonchev–Trinajstić information content (AvgIpc) is 2.88. The van der Waals surface area contributed by atoms with Crippen LogP contribution >= 0.6 is 11.3 Å². The van der Waals surface area contributed by atoms with Gasteiger partial charge < -0.3 is 10.1 Å². The van der Waals surface area contributed by atoms with Gasteiger partial charge in [-0.15, -0.1) is 11.3 Å². The van der Waals surface area contributed by atoms with Crippen molar-refractivity contribution < 1.29 is 9.53 Å². The molecule has 5 nitrogen and oxygen atoms in total. The quantitative estimate of drug-likeness (QED) is 0.771.